The molecule has 0 aromatic heterocycles. The van der Waals surface area contributed by atoms with E-state index in [2.05, 4.69) is 25.7 Å². The van der Waals surface area contributed by atoms with Crippen LogP contribution in [0, 0.1) is 11.8 Å². The highest BCUT2D eigenvalue weighted by Crippen LogP contribution is 2.15. The summed E-state index contributed by atoms with van der Waals surface area (Å²) in [6, 6.07) is 0. The van der Waals surface area contributed by atoms with Crippen LogP contribution in [0.5, 0.6) is 0 Å². The van der Waals surface area contributed by atoms with Crippen LogP contribution in [0.4, 0.5) is 0 Å². The first-order valence-corrected chi connectivity index (χ1v) is 19.1. The first-order valence-electron chi connectivity index (χ1n) is 19.1. The van der Waals surface area contributed by atoms with E-state index in [0.29, 0.717) is 12.8 Å². The number of rotatable bonds is 33. The van der Waals surface area contributed by atoms with E-state index in [1.807, 2.05) is 0 Å². The van der Waals surface area contributed by atoms with Gasteiger partial charge in [-0.2, -0.15) is 0 Å². The predicted molar refractivity (Wildman–Crippen MR) is 186 cm³/mol. The second-order valence-corrected chi connectivity index (χ2v) is 12.9. The Labute approximate surface area is 273 Å². The third-order valence-corrected chi connectivity index (χ3v) is 8.42. The fourth-order valence-electron chi connectivity index (χ4n) is 5.52. The van der Waals surface area contributed by atoms with Crippen LogP contribution in [0.15, 0.2) is 0 Å². The van der Waals surface area contributed by atoms with Crippen molar-refractivity contribution >= 4 is 11.9 Å². The van der Waals surface area contributed by atoms with Gasteiger partial charge in [0, 0.05) is 18.8 Å². The number of hydrogen-bond acceptors (Lipinski definition) is 5. The van der Waals surface area contributed by atoms with Gasteiger partial charge in [0.1, 0.15) is 19.3 Å². The number of hydrogen-bond donors (Lipinski definition) is 1. The summed E-state index contributed by atoms with van der Waals surface area (Å²) in [5, 5.41) is 9.95. The van der Waals surface area contributed by atoms with E-state index in [4.69, 9.17) is 9.47 Å². The Balaban J connectivity index is 3.46. The van der Waals surface area contributed by atoms with Crippen molar-refractivity contribution in [1.29, 1.82) is 0 Å². The average molecular weight is 621 g/mol. The Morgan fingerprint density at radius 3 is 1.25 bits per heavy atom. The molecule has 0 aliphatic heterocycles. The molecule has 0 aliphatic carbocycles. The van der Waals surface area contributed by atoms with Crippen molar-refractivity contribution in [3.8, 4) is 11.8 Å². The molecule has 5 heteroatoms. The zero-order chi connectivity index (χ0) is 32.2. The standard InChI is InChI=1S/C39H72O5/c1-3-5-7-9-11-13-15-17-19-21-23-25-27-29-31-33-38(41)43-35-37(40)36-44-39(42)34-32-30-28-26-24-22-20-18-16-14-12-10-8-6-4-2/h37,40H,3-31,33,35-36H2,1-2H3. The van der Waals surface area contributed by atoms with Gasteiger partial charge in [-0.3, -0.25) is 4.79 Å². The molecule has 0 rings (SSSR count). The molecule has 0 spiro atoms. The van der Waals surface area contributed by atoms with E-state index >= 15 is 0 Å². The lowest BCUT2D eigenvalue weighted by Crippen LogP contribution is -2.25. The van der Waals surface area contributed by atoms with Crippen LogP contribution in [-0.2, 0) is 19.1 Å². The Bertz CT molecular complexity index is 680. The molecule has 1 atom stereocenters. The van der Waals surface area contributed by atoms with E-state index in [1.54, 1.807) is 0 Å². The number of carbonyl (C=O) groups excluding carboxylic acids is 2. The van der Waals surface area contributed by atoms with Crippen LogP contribution in [0.3, 0.4) is 0 Å². The smallest absolute Gasteiger partial charge is 0.384 e. The maximum atomic E-state index is 11.9. The molecule has 5 nitrogen and oxygen atoms in total. The van der Waals surface area contributed by atoms with Gasteiger partial charge in [0.25, 0.3) is 0 Å². The van der Waals surface area contributed by atoms with Gasteiger partial charge in [-0.15, -0.1) is 0 Å². The van der Waals surface area contributed by atoms with Crippen LogP contribution in [0.1, 0.15) is 206 Å². The first kappa shape index (κ1) is 42.5. The van der Waals surface area contributed by atoms with Gasteiger partial charge in [-0.05, 0) is 12.8 Å². The minimum Gasteiger partial charge on any atom is -0.463 e. The lowest BCUT2D eigenvalue weighted by molar-refractivity contribution is -0.149. The van der Waals surface area contributed by atoms with Crippen molar-refractivity contribution in [2.24, 2.45) is 0 Å². The molecule has 258 valence electrons. The summed E-state index contributed by atoms with van der Waals surface area (Å²) < 4.78 is 10.1. The maximum absolute atomic E-state index is 11.9. The lowest BCUT2D eigenvalue weighted by Gasteiger charge is -2.10. The van der Waals surface area contributed by atoms with Gasteiger partial charge in [0.15, 0.2) is 0 Å². The number of unbranched alkanes of at least 4 members (excludes halogenated alkanes) is 27. The number of ether oxygens (including phenoxy) is 2. The van der Waals surface area contributed by atoms with Crippen molar-refractivity contribution in [3.05, 3.63) is 0 Å². The lowest BCUT2D eigenvalue weighted by atomic mass is 10.0. The molecule has 0 fully saturated rings. The van der Waals surface area contributed by atoms with E-state index in [-0.39, 0.29) is 19.2 Å². The molecule has 0 amide bonds. The molecule has 44 heavy (non-hydrogen) atoms. The van der Waals surface area contributed by atoms with Gasteiger partial charge in [-0.1, -0.05) is 187 Å². The Hall–Kier alpha value is -1.54. The molecule has 0 heterocycles. The minimum atomic E-state index is -1.02. The van der Waals surface area contributed by atoms with E-state index < -0.39 is 12.1 Å². The summed E-state index contributed by atoms with van der Waals surface area (Å²) in [5.74, 6) is 4.42. The summed E-state index contributed by atoms with van der Waals surface area (Å²) in [5.41, 5.74) is 0. The second-order valence-electron chi connectivity index (χ2n) is 12.9. The summed E-state index contributed by atoms with van der Waals surface area (Å²) in [6.45, 7) is 4.16. The molecule has 0 aromatic carbocycles. The van der Waals surface area contributed by atoms with Crippen LogP contribution in [0.25, 0.3) is 0 Å². The highest BCUT2D eigenvalue weighted by atomic mass is 16.6. The molecule has 1 unspecified atom stereocenters. The maximum Gasteiger partial charge on any atom is 0.384 e. The average Bonchev–Trinajstić information content (AvgIpc) is 3.02. The predicted octanol–water partition coefficient (Wildman–Crippen LogP) is 11.2. The normalized spacial score (nSPS) is 11.6. The Kier molecular flexibility index (Phi) is 34.7. The third kappa shape index (κ3) is 34.9. The fourth-order valence-corrected chi connectivity index (χ4v) is 5.52. The van der Waals surface area contributed by atoms with Crippen LogP contribution in [0.2, 0.25) is 0 Å². The summed E-state index contributed by atoms with van der Waals surface area (Å²) in [6.07, 6.45) is 36.3. The van der Waals surface area contributed by atoms with Crippen molar-refractivity contribution in [3.63, 3.8) is 0 Å². The van der Waals surface area contributed by atoms with Gasteiger partial charge >= 0.3 is 11.9 Å². The molecular weight excluding hydrogens is 548 g/mol. The SMILES string of the molecule is CCCCCCCCCCCCCCCC#CC(=O)OCC(O)COC(=O)CCCCCCCCCCCCCCCCC. The summed E-state index contributed by atoms with van der Waals surface area (Å²) >= 11 is 0. The minimum absolute atomic E-state index is 0.156. The first-order chi connectivity index (χ1) is 21.6. The molecule has 0 saturated carbocycles. The monoisotopic (exact) mass is 621 g/mol. The van der Waals surface area contributed by atoms with Gasteiger partial charge in [0.2, 0.25) is 0 Å². The quantitative estimate of drug-likeness (QED) is 0.0342. The van der Waals surface area contributed by atoms with Crippen molar-refractivity contribution < 1.29 is 24.2 Å². The molecule has 0 aromatic rings. The second kappa shape index (κ2) is 35.9. The Morgan fingerprint density at radius 2 is 0.841 bits per heavy atom. The van der Waals surface area contributed by atoms with Crippen LogP contribution < -0.4 is 0 Å². The highest BCUT2D eigenvalue weighted by Gasteiger charge is 2.11. The van der Waals surface area contributed by atoms with Gasteiger partial charge in [-0.25, -0.2) is 4.79 Å². The van der Waals surface area contributed by atoms with Crippen molar-refractivity contribution in [2.75, 3.05) is 13.2 Å². The van der Waals surface area contributed by atoms with Crippen LogP contribution >= 0.6 is 0 Å². The topological polar surface area (TPSA) is 72.8 Å². The van der Waals surface area contributed by atoms with E-state index in [9.17, 15) is 14.7 Å². The third-order valence-electron chi connectivity index (χ3n) is 8.42. The molecule has 0 aliphatic rings. The van der Waals surface area contributed by atoms with Gasteiger partial charge < -0.3 is 14.6 Å². The molecular formula is C39H72O5. The van der Waals surface area contributed by atoms with E-state index in [1.165, 1.54) is 148 Å². The number of carbonyl (C=O) groups is 2. The summed E-state index contributed by atoms with van der Waals surface area (Å²) in [4.78, 5) is 23.7. The molecule has 1 N–H and O–H groups in total. The van der Waals surface area contributed by atoms with Crippen molar-refractivity contribution in [2.45, 2.75) is 213 Å². The van der Waals surface area contributed by atoms with Crippen molar-refractivity contribution in [1.82, 2.24) is 0 Å². The fraction of sp³-hybridized carbons (Fsp3) is 0.897. The number of esters is 2. The van der Waals surface area contributed by atoms with E-state index in [0.717, 1.165) is 32.1 Å². The highest BCUT2D eigenvalue weighted by molar-refractivity contribution is 5.88. The number of aliphatic hydroxyl groups excluding tert-OH is 1. The molecule has 0 saturated heterocycles. The zero-order valence-electron chi connectivity index (χ0n) is 29.3. The Morgan fingerprint density at radius 1 is 0.500 bits per heavy atom. The molecule has 0 bridgehead atoms. The zero-order valence-corrected chi connectivity index (χ0v) is 29.3. The molecule has 0 radical (unpaired) electrons. The van der Waals surface area contributed by atoms with Gasteiger partial charge in [0.05, 0.1) is 0 Å². The number of aliphatic hydroxyl groups is 1. The largest absolute Gasteiger partial charge is 0.463 e. The summed E-state index contributed by atoms with van der Waals surface area (Å²) in [7, 11) is 0. The van der Waals surface area contributed by atoms with Crippen LogP contribution in [-0.4, -0.2) is 36.4 Å².